The number of hydrogen-bond donors (Lipinski definition) is 1. The van der Waals surface area contributed by atoms with Crippen molar-refractivity contribution in [2.75, 3.05) is 11.9 Å². The molecule has 0 aliphatic heterocycles. The van der Waals surface area contributed by atoms with Crippen molar-refractivity contribution in [2.45, 2.75) is 0 Å². The molecule has 0 saturated carbocycles. The molecular formula is C23H17FN2O2. The van der Waals surface area contributed by atoms with Gasteiger partial charge in [0.15, 0.2) is 6.61 Å². The van der Waals surface area contributed by atoms with Crippen molar-refractivity contribution < 1.29 is 13.9 Å². The van der Waals surface area contributed by atoms with E-state index in [1.54, 1.807) is 54.6 Å². The minimum Gasteiger partial charge on any atom is -0.483 e. The highest BCUT2D eigenvalue weighted by atomic mass is 19.1. The van der Waals surface area contributed by atoms with Crippen LogP contribution in [0.5, 0.6) is 5.75 Å². The van der Waals surface area contributed by atoms with Crippen LogP contribution < -0.4 is 10.1 Å². The molecule has 138 valence electrons. The molecule has 0 aliphatic rings. The van der Waals surface area contributed by atoms with Crippen LogP contribution in [0.1, 0.15) is 11.1 Å². The summed E-state index contributed by atoms with van der Waals surface area (Å²) in [5, 5.41) is 12.2. The molecule has 5 heteroatoms. The van der Waals surface area contributed by atoms with E-state index in [2.05, 4.69) is 11.4 Å². The Morgan fingerprint density at radius 1 is 1.04 bits per heavy atom. The van der Waals surface area contributed by atoms with Gasteiger partial charge in [-0.25, -0.2) is 4.39 Å². The van der Waals surface area contributed by atoms with Gasteiger partial charge in [-0.05, 0) is 42.0 Å². The lowest BCUT2D eigenvalue weighted by Crippen LogP contribution is -2.20. The minimum atomic E-state index is -0.416. The SMILES string of the molecule is N#CC(=Cc1ccccc1OCC(=O)Nc1ccccc1)c1cccc(F)c1. The fraction of sp³-hybridized carbons (Fsp3) is 0.0435. The molecule has 0 radical (unpaired) electrons. The summed E-state index contributed by atoms with van der Waals surface area (Å²) in [6.07, 6.45) is 1.61. The number of amides is 1. The summed E-state index contributed by atoms with van der Waals surface area (Å²) in [7, 11) is 0. The molecule has 0 spiro atoms. The number of carbonyl (C=O) groups excluding carboxylic acids is 1. The Labute approximate surface area is 162 Å². The van der Waals surface area contributed by atoms with Gasteiger partial charge in [-0.2, -0.15) is 5.26 Å². The molecule has 3 aromatic carbocycles. The number of halogens is 1. The van der Waals surface area contributed by atoms with Gasteiger partial charge in [-0.15, -0.1) is 0 Å². The number of nitrogens with one attached hydrogen (secondary N) is 1. The molecule has 0 heterocycles. The second-order valence-electron chi connectivity index (χ2n) is 5.92. The second kappa shape index (κ2) is 9.15. The van der Waals surface area contributed by atoms with Gasteiger partial charge in [-0.3, -0.25) is 4.79 Å². The average molecular weight is 372 g/mol. The number of benzene rings is 3. The van der Waals surface area contributed by atoms with E-state index in [1.165, 1.54) is 12.1 Å². The number of para-hydroxylation sites is 2. The van der Waals surface area contributed by atoms with E-state index >= 15 is 0 Å². The number of hydrogen-bond acceptors (Lipinski definition) is 3. The smallest absolute Gasteiger partial charge is 0.262 e. The molecule has 4 nitrogen and oxygen atoms in total. The van der Waals surface area contributed by atoms with E-state index in [9.17, 15) is 14.4 Å². The van der Waals surface area contributed by atoms with Crippen LogP contribution in [0.25, 0.3) is 11.6 Å². The van der Waals surface area contributed by atoms with Gasteiger partial charge < -0.3 is 10.1 Å². The fourth-order valence-corrected chi connectivity index (χ4v) is 2.58. The quantitative estimate of drug-likeness (QED) is 0.494. The van der Waals surface area contributed by atoms with Crippen molar-refractivity contribution in [3.63, 3.8) is 0 Å². The molecular weight excluding hydrogens is 355 g/mol. The summed E-state index contributed by atoms with van der Waals surface area (Å²) in [5.74, 6) is -0.258. The molecule has 0 atom stereocenters. The van der Waals surface area contributed by atoms with Crippen LogP contribution in [0.2, 0.25) is 0 Å². The van der Waals surface area contributed by atoms with Crippen LogP contribution >= 0.6 is 0 Å². The van der Waals surface area contributed by atoms with E-state index in [-0.39, 0.29) is 12.5 Å². The molecule has 28 heavy (non-hydrogen) atoms. The Kier molecular flexibility index (Phi) is 6.17. The van der Waals surface area contributed by atoms with E-state index in [4.69, 9.17) is 4.74 Å². The third-order valence-corrected chi connectivity index (χ3v) is 3.89. The first-order chi connectivity index (χ1) is 13.7. The standard InChI is InChI=1S/C23H17FN2O2/c24-20-9-6-8-17(14-20)19(15-25)13-18-7-4-5-12-22(18)28-16-23(27)26-21-10-2-1-3-11-21/h1-14H,16H2,(H,26,27). The number of rotatable bonds is 6. The molecule has 3 rings (SSSR count). The van der Waals surface area contributed by atoms with Crippen molar-refractivity contribution in [3.8, 4) is 11.8 Å². The van der Waals surface area contributed by atoms with E-state index in [0.717, 1.165) is 0 Å². The largest absolute Gasteiger partial charge is 0.483 e. The number of nitrogens with zero attached hydrogens (tertiary/aromatic N) is 1. The maximum atomic E-state index is 13.5. The van der Waals surface area contributed by atoms with E-state index < -0.39 is 5.82 Å². The Hall–Kier alpha value is -3.91. The average Bonchev–Trinajstić information content (AvgIpc) is 2.72. The Balaban J connectivity index is 1.75. The van der Waals surface area contributed by atoms with Gasteiger partial charge in [0, 0.05) is 11.3 Å². The highest BCUT2D eigenvalue weighted by Gasteiger charge is 2.08. The molecule has 1 amide bonds. The van der Waals surface area contributed by atoms with Gasteiger partial charge in [0.05, 0.1) is 11.6 Å². The summed E-state index contributed by atoms with van der Waals surface area (Å²) >= 11 is 0. The summed E-state index contributed by atoms with van der Waals surface area (Å²) in [4.78, 5) is 12.1. The predicted octanol–water partition coefficient (Wildman–Crippen LogP) is 4.91. The van der Waals surface area contributed by atoms with Gasteiger partial charge >= 0.3 is 0 Å². The summed E-state index contributed by atoms with van der Waals surface area (Å²) in [6, 6.07) is 24.0. The number of allylic oxidation sites excluding steroid dienone is 1. The van der Waals surface area contributed by atoms with Gasteiger partial charge in [0.2, 0.25) is 0 Å². The number of anilines is 1. The monoisotopic (exact) mass is 372 g/mol. The zero-order valence-electron chi connectivity index (χ0n) is 14.9. The summed E-state index contributed by atoms with van der Waals surface area (Å²) < 4.78 is 19.1. The third kappa shape index (κ3) is 5.05. The lowest BCUT2D eigenvalue weighted by Gasteiger charge is -2.10. The number of carbonyl (C=O) groups is 1. The molecule has 0 unspecified atom stereocenters. The maximum absolute atomic E-state index is 13.5. The first-order valence-corrected chi connectivity index (χ1v) is 8.60. The topological polar surface area (TPSA) is 62.1 Å². The van der Waals surface area contributed by atoms with Crippen LogP contribution in [0, 0.1) is 17.1 Å². The zero-order chi connectivity index (χ0) is 19.8. The molecule has 0 aliphatic carbocycles. The lowest BCUT2D eigenvalue weighted by atomic mass is 10.0. The zero-order valence-corrected chi connectivity index (χ0v) is 14.9. The number of ether oxygens (including phenoxy) is 1. The first-order valence-electron chi connectivity index (χ1n) is 8.60. The molecule has 3 aromatic rings. The van der Waals surface area contributed by atoms with Crippen molar-refractivity contribution in [1.82, 2.24) is 0 Å². The number of nitriles is 1. The molecule has 0 fully saturated rings. The molecule has 1 N–H and O–H groups in total. The highest BCUT2D eigenvalue weighted by Crippen LogP contribution is 2.25. The van der Waals surface area contributed by atoms with Crippen molar-refractivity contribution in [1.29, 1.82) is 5.26 Å². The van der Waals surface area contributed by atoms with Gasteiger partial charge in [0.25, 0.3) is 5.91 Å². The predicted molar refractivity (Wildman–Crippen MR) is 107 cm³/mol. The van der Waals surface area contributed by atoms with E-state index in [0.29, 0.717) is 28.1 Å². The molecule has 0 aromatic heterocycles. The van der Waals surface area contributed by atoms with Gasteiger partial charge in [-0.1, -0.05) is 48.5 Å². The van der Waals surface area contributed by atoms with Crippen LogP contribution in [0.4, 0.5) is 10.1 Å². The van der Waals surface area contributed by atoms with Crippen LogP contribution in [-0.2, 0) is 4.79 Å². The minimum absolute atomic E-state index is 0.179. The normalized spacial score (nSPS) is 10.8. The van der Waals surface area contributed by atoms with Crippen molar-refractivity contribution in [2.24, 2.45) is 0 Å². The van der Waals surface area contributed by atoms with E-state index in [1.807, 2.05) is 18.2 Å². The fourth-order valence-electron chi connectivity index (χ4n) is 2.58. The highest BCUT2D eigenvalue weighted by molar-refractivity contribution is 5.92. The van der Waals surface area contributed by atoms with Crippen molar-refractivity contribution >= 4 is 23.2 Å². The lowest BCUT2D eigenvalue weighted by molar-refractivity contribution is -0.118. The van der Waals surface area contributed by atoms with Gasteiger partial charge in [0.1, 0.15) is 11.6 Å². The summed E-state index contributed by atoms with van der Waals surface area (Å²) in [6.45, 7) is -0.179. The molecule has 0 bridgehead atoms. The second-order valence-corrected chi connectivity index (χ2v) is 5.92. The van der Waals surface area contributed by atoms with Crippen LogP contribution in [-0.4, -0.2) is 12.5 Å². The Morgan fingerprint density at radius 2 is 1.79 bits per heavy atom. The Morgan fingerprint density at radius 3 is 2.54 bits per heavy atom. The van der Waals surface area contributed by atoms with Crippen LogP contribution in [0.3, 0.4) is 0 Å². The first kappa shape index (κ1) is 18.9. The summed E-state index contributed by atoms with van der Waals surface area (Å²) in [5.41, 5.74) is 2.07. The van der Waals surface area contributed by atoms with Crippen molar-refractivity contribution in [3.05, 3.63) is 95.8 Å². The molecule has 0 saturated heterocycles. The van der Waals surface area contributed by atoms with Crippen LogP contribution in [0.15, 0.2) is 78.9 Å². The third-order valence-electron chi connectivity index (χ3n) is 3.89. The Bertz CT molecular complexity index is 1040. The maximum Gasteiger partial charge on any atom is 0.262 e.